The molecule has 25 heavy (non-hydrogen) atoms. The van der Waals surface area contributed by atoms with Gasteiger partial charge in [0.25, 0.3) is 5.69 Å². The first kappa shape index (κ1) is 15.6. The van der Waals surface area contributed by atoms with E-state index in [1.54, 1.807) is 18.2 Å². The van der Waals surface area contributed by atoms with Crippen molar-refractivity contribution in [2.75, 3.05) is 0 Å². The van der Waals surface area contributed by atoms with Crippen LogP contribution in [0.3, 0.4) is 0 Å². The molecule has 0 heterocycles. The second kappa shape index (κ2) is 6.50. The van der Waals surface area contributed by atoms with Gasteiger partial charge in [-0.3, -0.25) is 0 Å². The lowest BCUT2D eigenvalue weighted by atomic mass is 9.92. The van der Waals surface area contributed by atoms with Crippen LogP contribution >= 0.6 is 11.6 Å². The number of hydrogen-bond acceptors (Lipinski definition) is 1. The summed E-state index contributed by atoms with van der Waals surface area (Å²) < 4.78 is 0. The van der Waals surface area contributed by atoms with Crippen LogP contribution in [-0.2, 0) is 0 Å². The normalized spacial score (nSPS) is 10.8. The van der Waals surface area contributed by atoms with Crippen molar-refractivity contribution in [3.05, 3.63) is 94.9 Å². The van der Waals surface area contributed by atoms with E-state index in [0.717, 1.165) is 22.3 Å². The molecule has 120 valence electrons. The summed E-state index contributed by atoms with van der Waals surface area (Å²) in [4.78, 5) is 11.4. The van der Waals surface area contributed by atoms with Crippen molar-refractivity contribution < 1.29 is 5.18 Å². The number of nitrogens with one attached hydrogen (secondary N) is 1. The molecule has 2 nitrogen and oxygen atoms in total. The second-order valence-electron chi connectivity index (χ2n) is 5.87. The maximum absolute atomic E-state index is 11.4. The Morgan fingerprint density at radius 3 is 2.20 bits per heavy atom. The number of nitroso groups, excluding NO2 is 1. The van der Waals surface area contributed by atoms with Crippen LogP contribution in [-0.4, -0.2) is 0 Å². The highest BCUT2D eigenvalue weighted by molar-refractivity contribution is 6.34. The molecule has 0 saturated heterocycles. The van der Waals surface area contributed by atoms with Gasteiger partial charge >= 0.3 is 0 Å². The molecule has 0 unspecified atom stereocenters. The molecule has 4 rings (SSSR count). The summed E-state index contributed by atoms with van der Waals surface area (Å²) in [5.41, 5.74) is 4.26. The van der Waals surface area contributed by atoms with Crippen LogP contribution in [0.4, 0.5) is 5.69 Å². The SMILES string of the molecule is O=[NH+]c1cccc(Cl)c1-c1ccccc1-c1ccc2ccccc2c1. The molecular weight excluding hydrogens is 330 g/mol. The summed E-state index contributed by atoms with van der Waals surface area (Å²) in [7, 11) is 0. The quantitative estimate of drug-likeness (QED) is 0.536. The minimum absolute atomic E-state index is 0.473. The van der Waals surface area contributed by atoms with Crippen molar-refractivity contribution in [3.8, 4) is 22.3 Å². The van der Waals surface area contributed by atoms with E-state index in [9.17, 15) is 4.91 Å². The van der Waals surface area contributed by atoms with Crippen molar-refractivity contribution in [2.24, 2.45) is 0 Å². The van der Waals surface area contributed by atoms with Crippen molar-refractivity contribution in [3.63, 3.8) is 0 Å². The van der Waals surface area contributed by atoms with Crippen LogP contribution in [0.15, 0.2) is 84.9 Å². The zero-order chi connectivity index (χ0) is 17.2. The molecule has 4 aromatic carbocycles. The van der Waals surface area contributed by atoms with E-state index in [0.29, 0.717) is 10.7 Å². The molecule has 0 aliphatic carbocycles. The smallest absolute Gasteiger partial charge is 0.0834 e. The van der Waals surface area contributed by atoms with Gasteiger partial charge in [0.05, 0.1) is 10.6 Å². The van der Waals surface area contributed by atoms with Gasteiger partial charge in [-0.2, -0.15) is 0 Å². The third-order valence-corrected chi connectivity index (χ3v) is 4.70. The summed E-state index contributed by atoms with van der Waals surface area (Å²) >= 11 is 6.42. The highest BCUT2D eigenvalue weighted by Gasteiger charge is 2.18. The molecule has 0 atom stereocenters. The van der Waals surface area contributed by atoms with E-state index >= 15 is 0 Å². The average Bonchev–Trinajstić information content (AvgIpc) is 2.67. The summed E-state index contributed by atoms with van der Waals surface area (Å²) in [5.74, 6) is 0. The Morgan fingerprint density at radius 2 is 1.40 bits per heavy atom. The zero-order valence-electron chi connectivity index (χ0n) is 13.4. The van der Waals surface area contributed by atoms with Crippen LogP contribution in [0, 0.1) is 4.91 Å². The molecule has 0 saturated carbocycles. The molecule has 0 amide bonds. The van der Waals surface area contributed by atoms with Gasteiger partial charge in [0, 0.05) is 16.2 Å². The van der Waals surface area contributed by atoms with Crippen molar-refractivity contribution in [1.82, 2.24) is 0 Å². The second-order valence-corrected chi connectivity index (χ2v) is 6.28. The van der Waals surface area contributed by atoms with Gasteiger partial charge in [0.2, 0.25) is 0 Å². The lowest BCUT2D eigenvalue weighted by Gasteiger charge is -2.12. The van der Waals surface area contributed by atoms with Crippen molar-refractivity contribution in [1.29, 1.82) is 0 Å². The number of hydrogen-bond donors (Lipinski definition) is 1. The van der Waals surface area contributed by atoms with E-state index in [1.807, 2.05) is 35.5 Å². The van der Waals surface area contributed by atoms with Crippen LogP contribution in [0.2, 0.25) is 5.02 Å². The van der Waals surface area contributed by atoms with Gasteiger partial charge < -0.3 is 0 Å². The van der Waals surface area contributed by atoms with E-state index in [-0.39, 0.29) is 0 Å². The van der Waals surface area contributed by atoms with Gasteiger partial charge in [0.1, 0.15) is 0 Å². The third-order valence-electron chi connectivity index (χ3n) is 4.38. The lowest BCUT2D eigenvalue weighted by Crippen LogP contribution is -2.56. The van der Waals surface area contributed by atoms with Crippen LogP contribution < -0.4 is 5.18 Å². The summed E-state index contributed by atoms with van der Waals surface area (Å²) in [5, 5.41) is 4.93. The summed E-state index contributed by atoms with van der Waals surface area (Å²) in [6, 6.07) is 27.9. The Morgan fingerprint density at radius 1 is 0.680 bits per heavy atom. The Labute approximate surface area is 150 Å². The Kier molecular flexibility index (Phi) is 4.04. The monoisotopic (exact) mass is 344 g/mol. The van der Waals surface area contributed by atoms with Crippen molar-refractivity contribution >= 4 is 28.1 Å². The molecule has 0 radical (unpaired) electrons. The summed E-state index contributed by atoms with van der Waals surface area (Å²) in [6.45, 7) is 0. The van der Waals surface area contributed by atoms with Gasteiger partial charge in [-0.1, -0.05) is 78.3 Å². The van der Waals surface area contributed by atoms with Crippen molar-refractivity contribution in [2.45, 2.75) is 0 Å². The van der Waals surface area contributed by atoms with Crippen LogP contribution in [0.1, 0.15) is 0 Å². The number of fused-ring (bicyclic) bond motifs is 1. The Bertz CT molecular complexity index is 1090. The average molecular weight is 345 g/mol. The fourth-order valence-corrected chi connectivity index (χ4v) is 3.47. The van der Waals surface area contributed by atoms with Gasteiger partial charge in [0.15, 0.2) is 0 Å². The highest BCUT2D eigenvalue weighted by Crippen LogP contribution is 2.39. The molecule has 0 bridgehead atoms. The first-order valence-electron chi connectivity index (χ1n) is 8.03. The number of rotatable bonds is 3. The molecule has 0 spiro atoms. The number of halogens is 1. The predicted octanol–water partition coefficient (Wildman–Crippen LogP) is 5.31. The zero-order valence-corrected chi connectivity index (χ0v) is 14.1. The van der Waals surface area contributed by atoms with Gasteiger partial charge in [-0.25, -0.2) is 0 Å². The topological polar surface area (TPSA) is 31.0 Å². The first-order valence-corrected chi connectivity index (χ1v) is 8.41. The predicted molar refractivity (Wildman–Crippen MR) is 104 cm³/mol. The van der Waals surface area contributed by atoms with E-state index in [2.05, 4.69) is 36.4 Å². The van der Waals surface area contributed by atoms with E-state index < -0.39 is 0 Å². The van der Waals surface area contributed by atoms with E-state index in [4.69, 9.17) is 11.6 Å². The summed E-state index contributed by atoms with van der Waals surface area (Å²) in [6.07, 6.45) is 0. The Balaban J connectivity index is 1.97. The minimum Gasteiger partial charge on any atom is -0.0834 e. The molecule has 3 heteroatoms. The lowest BCUT2D eigenvalue weighted by molar-refractivity contribution is -0.378. The molecule has 4 aromatic rings. The standard InChI is InChI=1S/C22H14ClNO/c23-20-10-5-11-21(24-25)22(20)19-9-4-3-8-18(19)17-13-12-15-6-1-2-7-16(15)14-17/h1-14H/p+1. The highest BCUT2D eigenvalue weighted by atomic mass is 35.5. The van der Waals surface area contributed by atoms with Crippen LogP contribution in [0.5, 0.6) is 0 Å². The van der Waals surface area contributed by atoms with E-state index in [1.165, 1.54) is 10.8 Å². The third kappa shape index (κ3) is 2.81. The first-order chi connectivity index (χ1) is 12.3. The fraction of sp³-hybridized carbons (Fsp3) is 0. The largest absolute Gasteiger partial charge is 0.262 e. The van der Waals surface area contributed by atoms with Gasteiger partial charge in [-0.05, 0) is 39.6 Å². The fourth-order valence-electron chi connectivity index (χ4n) is 3.19. The maximum Gasteiger partial charge on any atom is 0.262 e. The molecule has 1 N–H and O–H groups in total. The minimum atomic E-state index is 0.473. The molecule has 0 aliphatic heterocycles. The molecule has 0 aromatic heterocycles. The van der Waals surface area contributed by atoms with Gasteiger partial charge in [-0.15, -0.1) is 0 Å². The molecule has 0 fully saturated rings. The van der Waals surface area contributed by atoms with Crippen LogP contribution in [0.25, 0.3) is 33.0 Å². The molecule has 0 aliphatic rings. The number of benzene rings is 4. The molecular formula is C22H15ClNO+. The Hall–Kier alpha value is -2.97. The maximum atomic E-state index is 11.4.